The van der Waals surface area contributed by atoms with Crippen LogP contribution in [0.25, 0.3) is 0 Å². The number of nitrogens with zero attached hydrogens (tertiary/aromatic N) is 2. The Labute approximate surface area is 106 Å². The fourth-order valence-electron chi connectivity index (χ4n) is 1.64. The molecular weight excluding hydrogens is 228 g/mol. The summed E-state index contributed by atoms with van der Waals surface area (Å²) in [5, 5.41) is 7.02. The topological polar surface area (TPSA) is 72.9 Å². The summed E-state index contributed by atoms with van der Waals surface area (Å²) in [6.45, 7) is 2.49. The van der Waals surface area contributed by atoms with E-state index in [9.17, 15) is 4.79 Å². The standard InChI is InChI=1S/C13H16N4O/c1-10-5-7-17(16-10)8-6-13(18)15-12-4-2-3-11(14)9-12/h2-5,7,9H,6,8,14H2,1H3,(H,15,18). The van der Waals surface area contributed by atoms with Gasteiger partial charge < -0.3 is 11.1 Å². The van der Waals surface area contributed by atoms with E-state index >= 15 is 0 Å². The average molecular weight is 244 g/mol. The van der Waals surface area contributed by atoms with Crippen LogP contribution in [0.3, 0.4) is 0 Å². The number of carbonyl (C=O) groups excluding carboxylic acids is 1. The van der Waals surface area contributed by atoms with Gasteiger partial charge in [-0.15, -0.1) is 0 Å². The third-order valence-electron chi connectivity index (χ3n) is 2.51. The van der Waals surface area contributed by atoms with E-state index in [1.165, 1.54) is 0 Å². The molecule has 0 aliphatic heterocycles. The van der Waals surface area contributed by atoms with Crippen molar-refractivity contribution in [2.24, 2.45) is 0 Å². The Kier molecular flexibility index (Phi) is 3.62. The zero-order valence-electron chi connectivity index (χ0n) is 10.3. The second-order valence-electron chi connectivity index (χ2n) is 4.14. The molecule has 1 heterocycles. The lowest BCUT2D eigenvalue weighted by Crippen LogP contribution is -2.14. The normalized spacial score (nSPS) is 10.3. The highest BCUT2D eigenvalue weighted by Crippen LogP contribution is 2.12. The molecule has 1 aromatic heterocycles. The van der Waals surface area contributed by atoms with Crippen LogP contribution < -0.4 is 11.1 Å². The van der Waals surface area contributed by atoms with Gasteiger partial charge in [0.15, 0.2) is 0 Å². The first-order valence-corrected chi connectivity index (χ1v) is 5.79. The molecule has 2 aromatic rings. The third kappa shape index (κ3) is 3.35. The predicted octanol–water partition coefficient (Wildman–Crippen LogP) is 1.80. The quantitative estimate of drug-likeness (QED) is 0.805. The van der Waals surface area contributed by atoms with Crippen LogP contribution in [0.4, 0.5) is 11.4 Å². The number of nitrogens with one attached hydrogen (secondary N) is 1. The van der Waals surface area contributed by atoms with Crippen molar-refractivity contribution >= 4 is 17.3 Å². The van der Waals surface area contributed by atoms with Crippen LogP contribution >= 0.6 is 0 Å². The Morgan fingerprint density at radius 2 is 2.28 bits per heavy atom. The molecule has 1 aromatic carbocycles. The molecule has 0 aliphatic carbocycles. The second kappa shape index (κ2) is 5.35. The van der Waals surface area contributed by atoms with Gasteiger partial charge in [0.25, 0.3) is 0 Å². The molecule has 0 fully saturated rings. The van der Waals surface area contributed by atoms with E-state index in [0.29, 0.717) is 18.7 Å². The maximum Gasteiger partial charge on any atom is 0.226 e. The van der Waals surface area contributed by atoms with E-state index < -0.39 is 0 Å². The summed E-state index contributed by atoms with van der Waals surface area (Å²) in [5.74, 6) is -0.0475. The van der Waals surface area contributed by atoms with E-state index in [4.69, 9.17) is 5.73 Å². The minimum atomic E-state index is -0.0475. The number of aromatic nitrogens is 2. The minimum Gasteiger partial charge on any atom is -0.399 e. The van der Waals surface area contributed by atoms with Crippen molar-refractivity contribution in [3.05, 3.63) is 42.2 Å². The molecule has 0 spiro atoms. The number of amides is 1. The molecular formula is C13H16N4O. The molecule has 5 heteroatoms. The Morgan fingerprint density at radius 3 is 2.94 bits per heavy atom. The zero-order chi connectivity index (χ0) is 13.0. The molecule has 18 heavy (non-hydrogen) atoms. The fourth-order valence-corrected chi connectivity index (χ4v) is 1.64. The van der Waals surface area contributed by atoms with E-state index in [1.54, 1.807) is 16.8 Å². The van der Waals surface area contributed by atoms with Crippen molar-refractivity contribution in [1.29, 1.82) is 0 Å². The number of carbonyl (C=O) groups is 1. The molecule has 0 saturated heterocycles. The Hall–Kier alpha value is -2.30. The molecule has 94 valence electrons. The van der Waals surface area contributed by atoms with Gasteiger partial charge in [-0.25, -0.2) is 0 Å². The number of benzene rings is 1. The van der Waals surface area contributed by atoms with Crippen molar-refractivity contribution in [2.75, 3.05) is 11.1 Å². The number of aryl methyl sites for hydroxylation is 2. The highest BCUT2D eigenvalue weighted by atomic mass is 16.1. The zero-order valence-corrected chi connectivity index (χ0v) is 10.3. The lowest BCUT2D eigenvalue weighted by atomic mass is 10.2. The number of hydrogen-bond donors (Lipinski definition) is 2. The summed E-state index contributed by atoms with van der Waals surface area (Å²) in [5.41, 5.74) is 7.94. The van der Waals surface area contributed by atoms with Crippen LogP contribution in [-0.4, -0.2) is 15.7 Å². The van der Waals surface area contributed by atoms with Gasteiger partial charge >= 0.3 is 0 Å². The molecule has 5 nitrogen and oxygen atoms in total. The van der Waals surface area contributed by atoms with Gasteiger partial charge in [0.2, 0.25) is 5.91 Å². The third-order valence-corrected chi connectivity index (χ3v) is 2.51. The van der Waals surface area contributed by atoms with Crippen molar-refractivity contribution in [3.8, 4) is 0 Å². The predicted molar refractivity (Wildman–Crippen MR) is 71.1 cm³/mol. The highest BCUT2D eigenvalue weighted by Gasteiger charge is 2.03. The van der Waals surface area contributed by atoms with Gasteiger partial charge in [0.1, 0.15) is 0 Å². The summed E-state index contributed by atoms with van der Waals surface area (Å²) in [6, 6.07) is 9.04. The first kappa shape index (κ1) is 12.2. The number of rotatable bonds is 4. The summed E-state index contributed by atoms with van der Waals surface area (Å²) in [6.07, 6.45) is 2.25. The van der Waals surface area contributed by atoms with Crippen molar-refractivity contribution in [1.82, 2.24) is 9.78 Å². The first-order valence-electron chi connectivity index (χ1n) is 5.79. The van der Waals surface area contributed by atoms with E-state index in [1.807, 2.05) is 31.3 Å². The van der Waals surface area contributed by atoms with Gasteiger partial charge in [-0.3, -0.25) is 9.48 Å². The highest BCUT2D eigenvalue weighted by molar-refractivity contribution is 5.91. The molecule has 0 radical (unpaired) electrons. The lowest BCUT2D eigenvalue weighted by Gasteiger charge is -2.06. The van der Waals surface area contributed by atoms with Gasteiger partial charge in [-0.1, -0.05) is 6.07 Å². The molecule has 0 aliphatic rings. The summed E-state index contributed by atoms with van der Waals surface area (Å²) >= 11 is 0. The van der Waals surface area contributed by atoms with Crippen molar-refractivity contribution in [3.63, 3.8) is 0 Å². The van der Waals surface area contributed by atoms with Crippen molar-refractivity contribution in [2.45, 2.75) is 19.9 Å². The van der Waals surface area contributed by atoms with Crippen LogP contribution in [0.15, 0.2) is 36.5 Å². The van der Waals surface area contributed by atoms with Crippen LogP contribution in [0.5, 0.6) is 0 Å². The van der Waals surface area contributed by atoms with Gasteiger partial charge in [0, 0.05) is 30.5 Å². The van der Waals surface area contributed by atoms with Crippen LogP contribution in [0.1, 0.15) is 12.1 Å². The van der Waals surface area contributed by atoms with E-state index in [2.05, 4.69) is 10.4 Å². The first-order chi connectivity index (χ1) is 8.63. The molecule has 0 unspecified atom stereocenters. The van der Waals surface area contributed by atoms with Gasteiger partial charge in [0.05, 0.1) is 5.69 Å². The maximum absolute atomic E-state index is 11.7. The summed E-state index contributed by atoms with van der Waals surface area (Å²) in [7, 11) is 0. The van der Waals surface area contributed by atoms with E-state index in [-0.39, 0.29) is 5.91 Å². The molecule has 1 amide bonds. The lowest BCUT2D eigenvalue weighted by molar-refractivity contribution is -0.116. The van der Waals surface area contributed by atoms with Crippen LogP contribution in [-0.2, 0) is 11.3 Å². The largest absolute Gasteiger partial charge is 0.399 e. The number of anilines is 2. The van der Waals surface area contributed by atoms with Gasteiger partial charge in [-0.2, -0.15) is 5.10 Å². The minimum absolute atomic E-state index is 0.0475. The van der Waals surface area contributed by atoms with Crippen LogP contribution in [0, 0.1) is 6.92 Å². The number of hydrogen-bond acceptors (Lipinski definition) is 3. The van der Waals surface area contributed by atoms with E-state index in [0.717, 1.165) is 11.4 Å². The summed E-state index contributed by atoms with van der Waals surface area (Å²) < 4.78 is 1.76. The Bertz CT molecular complexity index is 547. The van der Waals surface area contributed by atoms with Crippen LogP contribution in [0.2, 0.25) is 0 Å². The Morgan fingerprint density at radius 1 is 1.44 bits per heavy atom. The average Bonchev–Trinajstić information content (AvgIpc) is 2.73. The monoisotopic (exact) mass is 244 g/mol. The van der Waals surface area contributed by atoms with Crippen molar-refractivity contribution < 1.29 is 4.79 Å². The smallest absolute Gasteiger partial charge is 0.226 e. The molecule has 0 saturated carbocycles. The number of nitrogens with two attached hydrogens (primary N) is 1. The molecule has 3 N–H and O–H groups in total. The molecule has 2 rings (SSSR count). The summed E-state index contributed by atoms with van der Waals surface area (Å²) in [4.78, 5) is 11.7. The SMILES string of the molecule is Cc1ccn(CCC(=O)Nc2cccc(N)c2)n1. The van der Waals surface area contributed by atoms with Gasteiger partial charge in [-0.05, 0) is 31.2 Å². The molecule has 0 atom stereocenters. The number of nitrogen functional groups attached to an aromatic ring is 1. The fraction of sp³-hybridized carbons (Fsp3) is 0.231. The second-order valence-corrected chi connectivity index (χ2v) is 4.14. The Balaban J connectivity index is 1.85. The molecule has 0 bridgehead atoms. The maximum atomic E-state index is 11.7.